The molecule has 10 heteroatoms. The number of nitrogens with zero attached hydrogens (tertiary/aromatic N) is 8. The minimum atomic E-state index is 0.585. The minimum absolute atomic E-state index is 0.585. The van der Waals surface area contributed by atoms with E-state index in [9.17, 15) is 0 Å². The first-order valence-corrected chi connectivity index (χ1v) is 9.23. The van der Waals surface area contributed by atoms with Crippen LogP contribution in [0.25, 0.3) is 50.7 Å². The number of fused-ring (bicyclic) bond motifs is 2. The first-order chi connectivity index (χ1) is 14.8. The van der Waals surface area contributed by atoms with Crippen molar-refractivity contribution in [1.29, 1.82) is 0 Å². The summed E-state index contributed by atoms with van der Waals surface area (Å²) in [6.07, 6.45) is 10.4. The summed E-state index contributed by atoms with van der Waals surface area (Å²) in [6, 6.07) is 5.75. The van der Waals surface area contributed by atoms with Crippen molar-refractivity contribution in [3.8, 4) is 28.5 Å². The van der Waals surface area contributed by atoms with Crippen LogP contribution in [0.2, 0.25) is 0 Å². The normalized spacial score (nSPS) is 11.5. The summed E-state index contributed by atoms with van der Waals surface area (Å²) in [5.41, 5.74) is 6.96. The van der Waals surface area contributed by atoms with Crippen molar-refractivity contribution in [3.05, 3.63) is 61.3 Å². The van der Waals surface area contributed by atoms with E-state index in [1.807, 2.05) is 35.9 Å². The van der Waals surface area contributed by atoms with Crippen molar-refractivity contribution < 1.29 is 0 Å². The molecule has 0 aliphatic heterocycles. The second kappa shape index (κ2) is 6.27. The Bertz CT molecular complexity index is 1510. The van der Waals surface area contributed by atoms with Gasteiger partial charge in [0.1, 0.15) is 17.4 Å². The molecule has 0 bridgehead atoms. The van der Waals surface area contributed by atoms with E-state index in [2.05, 4.69) is 40.1 Å². The predicted molar refractivity (Wildman–Crippen MR) is 110 cm³/mol. The molecular formula is C20H14N10. The fraction of sp³-hybridized carbons (Fsp3) is 0.0500. The molecule has 0 unspecified atom stereocenters. The van der Waals surface area contributed by atoms with Crippen molar-refractivity contribution >= 4 is 22.2 Å². The first kappa shape index (κ1) is 16.5. The van der Waals surface area contributed by atoms with Gasteiger partial charge in [-0.3, -0.25) is 5.10 Å². The van der Waals surface area contributed by atoms with Crippen LogP contribution in [0.4, 0.5) is 0 Å². The molecule has 0 aliphatic rings. The van der Waals surface area contributed by atoms with E-state index in [0.29, 0.717) is 22.7 Å². The number of hydrogen-bond donors (Lipinski definition) is 2. The number of rotatable bonds is 3. The minimum Gasteiger partial charge on any atom is -0.333 e. The van der Waals surface area contributed by atoms with Gasteiger partial charge in [0.15, 0.2) is 17.2 Å². The molecule has 0 saturated carbocycles. The fourth-order valence-electron chi connectivity index (χ4n) is 3.43. The molecule has 10 nitrogen and oxygen atoms in total. The summed E-state index contributed by atoms with van der Waals surface area (Å²) in [5.74, 6) is 0.585. The Morgan fingerprint density at radius 1 is 1.00 bits per heavy atom. The van der Waals surface area contributed by atoms with E-state index >= 15 is 0 Å². The molecule has 30 heavy (non-hydrogen) atoms. The molecular weight excluding hydrogens is 380 g/mol. The highest BCUT2D eigenvalue weighted by atomic mass is 15.2. The number of aromatic nitrogens is 10. The maximum absolute atomic E-state index is 4.77. The molecule has 2 N–H and O–H groups in total. The second-order valence-electron chi connectivity index (χ2n) is 6.83. The van der Waals surface area contributed by atoms with Crippen molar-refractivity contribution in [2.75, 3.05) is 0 Å². The van der Waals surface area contributed by atoms with Gasteiger partial charge >= 0.3 is 0 Å². The maximum atomic E-state index is 4.77. The van der Waals surface area contributed by atoms with Crippen molar-refractivity contribution in [3.63, 3.8) is 0 Å². The van der Waals surface area contributed by atoms with Crippen molar-refractivity contribution in [2.45, 2.75) is 6.92 Å². The number of pyridine rings is 2. The summed E-state index contributed by atoms with van der Waals surface area (Å²) in [4.78, 5) is 29.6. The Morgan fingerprint density at radius 2 is 1.90 bits per heavy atom. The largest absolute Gasteiger partial charge is 0.333 e. The summed E-state index contributed by atoms with van der Waals surface area (Å²) in [5, 5.41) is 7.46. The molecule has 0 spiro atoms. The summed E-state index contributed by atoms with van der Waals surface area (Å²) in [6.45, 7) is 1.95. The third kappa shape index (κ3) is 2.54. The molecule has 0 amide bonds. The quantitative estimate of drug-likeness (QED) is 0.472. The molecule has 0 atom stereocenters. The molecule has 0 fully saturated rings. The standard InChI is InChI=1S/C20H14N10/c1-11-8-30(10-24-11)15-4-5-23-19-17(15)26-20(27-19)18-16-14(28-29-18)3-2-13(25-16)12-6-21-9-22-7-12/h2-10H,1H3,(H,28,29)(H,23,26,27). The Balaban J connectivity index is 1.52. The number of H-pyrrole nitrogens is 2. The van der Waals surface area contributed by atoms with Gasteiger partial charge in [0.2, 0.25) is 0 Å². The van der Waals surface area contributed by atoms with E-state index in [1.54, 1.807) is 24.9 Å². The number of imidazole rings is 2. The van der Waals surface area contributed by atoms with Gasteiger partial charge < -0.3 is 9.55 Å². The van der Waals surface area contributed by atoms with Crippen LogP contribution >= 0.6 is 0 Å². The zero-order chi connectivity index (χ0) is 20.1. The fourth-order valence-corrected chi connectivity index (χ4v) is 3.43. The van der Waals surface area contributed by atoms with Crippen LogP contribution in [0.1, 0.15) is 5.69 Å². The molecule has 6 rings (SSSR count). The van der Waals surface area contributed by atoms with Crippen LogP contribution in [0.15, 0.2) is 55.6 Å². The zero-order valence-electron chi connectivity index (χ0n) is 15.8. The lowest BCUT2D eigenvalue weighted by Gasteiger charge is -2.02. The maximum Gasteiger partial charge on any atom is 0.180 e. The highest BCUT2D eigenvalue weighted by Crippen LogP contribution is 2.28. The van der Waals surface area contributed by atoms with E-state index in [1.165, 1.54) is 6.33 Å². The number of aromatic amines is 2. The van der Waals surface area contributed by atoms with Crippen molar-refractivity contribution in [1.82, 2.24) is 49.7 Å². The monoisotopic (exact) mass is 394 g/mol. The van der Waals surface area contributed by atoms with Crippen LogP contribution in [0, 0.1) is 6.92 Å². The highest BCUT2D eigenvalue weighted by Gasteiger charge is 2.17. The van der Waals surface area contributed by atoms with Crippen LogP contribution in [0.3, 0.4) is 0 Å². The Hall–Kier alpha value is -4.47. The van der Waals surface area contributed by atoms with Crippen LogP contribution in [-0.4, -0.2) is 49.7 Å². The van der Waals surface area contributed by atoms with Gasteiger partial charge in [0.25, 0.3) is 0 Å². The van der Waals surface area contributed by atoms with E-state index in [-0.39, 0.29) is 0 Å². The molecule has 6 aromatic rings. The molecule has 6 heterocycles. The molecule has 0 radical (unpaired) electrons. The van der Waals surface area contributed by atoms with Gasteiger partial charge in [0, 0.05) is 30.4 Å². The lowest BCUT2D eigenvalue weighted by atomic mass is 10.2. The Morgan fingerprint density at radius 3 is 2.73 bits per heavy atom. The van der Waals surface area contributed by atoms with Gasteiger partial charge in [-0.2, -0.15) is 5.10 Å². The van der Waals surface area contributed by atoms with E-state index in [0.717, 1.165) is 33.7 Å². The third-order valence-electron chi connectivity index (χ3n) is 4.85. The van der Waals surface area contributed by atoms with Gasteiger partial charge in [0.05, 0.1) is 28.9 Å². The van der Waals surface area contributed by atoms with E-state index < -0.39 is 0 Å². The third-order valence-corrected chi connectivity index (χ3v) is 4.85. The van der Waals surface area contributed by atoms with Gasteiger partial charge in [-0.1, -0.05) is 0 Å². The number of hydrogen-bond acceptors (Lipinski definition) is 7. The van der Waals surface area contributed by atoms with Crippen LogP contribution in [0.5, 0.6) is 0 Å². The zero-order valence-corrected chi connectivity index (χ0v) is 15.8. The summed E-state index contributed by atoms with van der Waals surface area (Å²) in [7, 11) is 0. The SMILES string of the molecule is Cc1cn(-c2ccnc3nc(-c4n[nH]c5ccc(-c6cncnc6)nc45)[nH]c23)cn1. The molecule has 0 aliphatic carbocycles. The summed E-state index contributed by atoms with van der Waals surface area (Å²) >= 11 is 0. The topological polar surface area (TPSA) is 127 Å². The number of nitrogens with one attached hydrogen (secondary N) is 2. The Labute approximate surface area is 169 Å². The average molecular weight is 394 g/mol. The molecule has 0 aromatic carbocycles. The lowest BCUT2D eigenvalue weighted by molar-refractivity contribution is 1.06. The molecule has 0 saturated heterocycles. The van der Waals surface area contributed by atoms with Gasteiger partial charge in [-0.25, -0.2) is 29.9 Å². The van der Waals surface area contributed by atoms with E-state index in [4.69, 9.17) is 4.98 Å². The lowest BCUT2D eigenvalue weighted by Crippen LogP contribution is -1.92. The molecule has 6 aromatic heterocycles. The smallest absolute Gasteiger partial charge is 0.180 e. The van der Waals surface area contributed by atoms with Crippen molar-refractivity contribution in [2.24, 2.45) is 0 Å². The molecule has 144 valence electrons. The van der Waals surface area contributed by atoms with Gasteiger partial charge in [-0.05, 0) is 25.1 Å². The van der Waals surface area contributed by atoms with Crippen LogP contribution in [-0.2, 0) is 0 Å². The highest BCUT2D eigenvalue weighted by molar-refractivity contribution is 5.92. The summed E-state index contributed by atoms with van der Waals surface area (Å²) < 4.78 is 1.94. The van der Waals surface area contributed by atoms with Gasteiger partial charge in [-0.15, -0.1) is 0 Å². The average Bonchev–Trinajstić information content (AvgIpc) is 3.51. The van der Waals surface area contributed by atoms with Crippen LogP contribution < -0.4 is 0 Å². The number of aryl methyl sites for hydroxylation is 1. The first-order valence-electron chi connectivity index (χ1n) is 9.23. The second-order valence-corrected chi connectivity index (χ2v) is 6.83. The Kier molecular flexibility index (Phi) is 3.45. The predicted octanol–water partition coefficient (Wildman–Crippen LogP) is 2.85.